The fourth-order valence-corrected chi connectivity index (χ4v) is 4.07. The average Bonchev–Trinajstić information content (AvgIpc) is 3.22. The highest BCUT2D eigenvalue weighted by Gasteiger charge is 2.41. The van der Waals surface area contributed by atoms with E-state index in [1.54, 1.807) is 6.07 Å². The van der Waals surface area contributed by atoms with Gasteiger partial charge in [-0.1, -0.05) is 32.0 Å². The van der Waals surface area contributed by atoms with Crippen LogP contribution in [-0.2, 0) is 22.3 Å². The summed E-state index contributed by atoms with van der Waals surface area (Å²) in [6.45, 7) is 6.74. The highest BCUT2D eigenvalue weighted by molar-refractivity contribution is 5.93. The molecule has 0 bridgehead atoms. The summed E-state index contributed by atoms with van der Waals surface area (Å²) in [5, 5.41) is 3.42. The quantitative estimate of drug-likeness (QED) is 0.835. The van der Waals surface area contributed by atoms with Crippen LogP contribution in [0.2, 0.25) is 0 Å². The van der Waals surface area contributed by atoms with E-state index in [2.05, 4.69) is 47.3 Å². The van der Waals surface area contributed by atoms with Crippen molar-refractivity contribution in [2.24, 2.45) is 0 Å². The Bertz CT molecular complexity index is 848. The Hall–Kier alpha value is -2.51. The third-order valence-corrected chi connectivity index (χ3v) is 5.76. The van der Waals surface area contributed by atoms with Crippen LogP contribution in [0.1, 0.15) is 48.3 Å². The van der Waals surface area contributed by atoms with E-state index in [0.717, 1.165) is 18.5 Å². The lowest BCUT2D eigenvalue weighted by molar-refractivity contribution is -0.181. The Balaban J connectivity index is 1.49. The minimum atomic E-state index is -0.490. The summed E-state index contributed by atoms with van der Waals surface area (Å²) in [5.41, 5.74) is 3.94. The van der Waals surface area contributed by atoms with Crippen molar-refractivity contribution in [3.05, 3.63) is 47.4 Å². The first-order valence-corrected chi connectivity index (χ1v) is 10.4. The summed E-state index contributed by atoms with van der Waals surface area (Å²) in [7, 11) is 0. The Morgan fingerprint density at radius 2 is 1.76 bits per heavy atom. The molecule has 2 saturated heterocycles. The van der Waals surface area contributed by atoms with Gasteiger partial charge in [0.2, 0.25) is 0 Å². The molecule has 1 amide bonds. The maximum Gasteiger partial charge on any atom is 0.272 e. The number of rotatable bonds is 5. The zero-order valence-corrected chi connectivity index (χ0v) is 17.1. The summed E-state index contributed by atoms with van der Waals surface area (Å²) in [5.74, 6) is 0.0629. The van der Waals surface area contributed by atoms with Crippen LogP contribution in [0.4, 0.5) is 11.5 Å². The smallest absolute Gasteiger partial charge is 0.272 e. The molecule has 2 aliphatic rings. The fraction of sp³-hybridized carbons (Fsp3) is 0.500. The van der Waals surface area contributed by atoms with Gasteiger partial charge >= 0.3 is 0 Å². The topological polar surface area (TPSA) is 76.6 Å². The summed E-state index contributed by atoms with van der Waals surface area (Å²) in [6, 6.07) is 8.05. The van der Waals surface area contributed by atoms with Gasteiger partial charge in [-0.2, -0.15) is 0 Å². The van der Waals surface area contributed by atoms with Gasteiger partial charge < -0.3 is 19.7 Å². The van der Waals surface area contributed by atoms with Gasteiger partial charge in [-0.3, -0.25) is 4.79 Å². The molecule has 3 heterocycles. The molecule has 1 aromatic heterocycles. The number of hydrogen-bond donors (Lipinski definition) is 1. The molecule has 0 aliphatic carbocycles. The number of nitrogens with zero attached hydrogens (tertiary/aromatic N) is 3. The van der Waals surface area contributed by atoms with Crippen LogP contribution in [0.15, 0.2) is 30.6 Å². The molecule has 2 aliphatic heterocycles. The number of ether oxygens (including phenoxy) is 2. The lowest BCUT2D eigenvalue weighted by Gasteiger charge is -2.37. The number of carbonyl (C=O) groups is 1. The van der Waals surface area contributed by atoms with E-state index in [4.69, 9.17) is 9.47 Å². The number of amides is 1. The number of benzene rings is 1. The number of piperidine rings is 1. The van der Waals surface area contributed by atoms with Crippen LogP contribution in [0.3, 0.4) is 0 Å². The molecule has 0 unspecified atom stereocenters. The predicted octanol–water partition coefficient (Wildman–Crippen LogP) is 3.32. The van der Waals surface area contributed by atoms with Crippen molar-refractivity contribution in [3.8, 4) is 0 Å². The third-order valence-electron chi connectivity index (χ3n) is 5.76. The highest BCUT2D eigenvalue weighted by atomic mass is 16.7. The van der Waals surface area contributed by atoms with Crippen molar-refractivity contribution in [1.82, 2.24) is 14.9 Å². The molecule has 0 radical (unpaired) electrons. The van der Waals surface area contributed by atoms with Crippen molar-refractivity contribution in [2.45, 2.75) is 45.3 Å². The molecule has 2 aromatic rings. The van der Waals surface area contributed by atoms with Gasteiger partial charge in [0, 0.05) is 37.7 Å². The van der Waals surface area contributed by atoms with Gasteiger partial charge in [-0.05, 0) is 24.0 Å². The molecule has 29 heavy (non-hydrogen) atoms. The van der Waals surface area contributed by atoms with Crippen LogP contribution >= 0.6 is 0 Å². The first kappa shape index (κ1) is 19.8. The maximum atomic E-state index is 13.0. The van der Waals surface area contributed by atoms with E-state index in [9.17, 15) is 4.79 Å². The van der Waals surface area contributed by atoms with Crippen LogP contribution < -0.4 is 5.32 Å². The van der Waals surface area contributed by atoms with Gasteiger partial charge in [-0.15, -0.1) is 0 Å². The monoisotopic (exact) mass is 396 g/mol. The number of carbonyl (C=O) groups excluding carboxylic acids is 1. The Morgan fingerprint density at radius 3 is 2.38 bits per heavy atom. The summed E-state index contributed by atoms with van der Waals surface area (Å²) in [6.07, 6.45) is 4.68. The zero-order valence-electron chi connectivity index (χ0n) is 17.1. The first-order valence-electron chi connectivity index (χ1n) is 10.4. The van der Waals surface area contributed by atoms with E-state index in [-0.39, 0.29) is 5.91 Å². The average molecular weight is 396 g/mol. The fourth-order valence-electron chi connectivity index (χ4n) is 4.07. The van der Waals surface area contributed by atoms with E-state index >= 15 is 0 Å². The summed E-state index contributed by atoms with van der Waals surface area (Å²) >= 11 is 0. The van der Waals surface area contributed by atoms with Crippen LogP contribution in [0.5, 0.6) is 0 Å². The highest BCUT2D eigenvalue weighted by Crippen LogP contribution is 2.32. The number of nitrogens with one attached hydrogen (secondary N) is 1. The Labute approximate surface area is 171 Å². The largest absolute Gasteiger partial charge is 0.347 e. The number of aromatic nitrogens is 2. The van der Waals surface area contributed by atoms with Crippen molar-refractivity contribution >= 4 is 17.4 Å². The summed E-state index contributed by atoms with van der Waals surface area (Å²) in [4.78, 5) is 23.4. The minimum absolute atomic E-state index is 0.0808. The second kappa shape index (κ2) is 8.47. The van der Waals surface area contributed by atoms with Crippen molar-refractivity contribution < 1.29 is 14.3 Å². The number of para-hydroxylation sites is 1. The van der Waals surface area contributed by atoms with Crippen molar-refractivity contribution in [1.29, 1.82) is 0 Å². The Kier molecular flexibility index (Phi) is 5.78. The van der Waals surface area contributed by atoms with Gasteiger partial charge in [0.15, 0.2) is 5.79 Å². The lowest BCUT2D eigenvalue weighted by atomic mass is 10.0. The molecule has 7 nitrogen and oxygen atoms in total. The van der Waals surface area contributed by atoms with E-state index < -0.39 is 5.79 Å². The molecule has 2 fully saturated rings. The van der Waals surface area contributed by atoms with Crippen LogP contribution in [-0.4, -0.2) is 52.9 Å². The normalized spacial score (nSPS) is 18.2. The maximum absolute atomic E-state index is 13.0. The van der Waals surface area contributed by atoms with Crippen LogP contribution in [0, 0.1) is 0 Å². The number of aryl methyl sites for hydroxylation is 2. The Morgan fingerprint density at radius 1 is 1.10 bits per heavy atom. The zero-order chi connectivity index (χ0) is 20.3. The number of hydrogen-bond acceptors (Lipinski definition) is 6. The third kappa shape index (κ3) is 4.11. The molecule has 154 valence electrons. The molecule has 7 heteroatoms. The van der Waals surface area contributed by atoms with Gasteiger partial charge in [0.25, 0.3) is 5.91 Å². The number of anilines is 2. The summed E-state index contributed by atoms with van der Waals surface area (Å²) < 4.78 is 11.5. The van der Waals surface area contributed by atoms with E-state index in [0.29, 0.717) is 50.7 Å². The standard InChI is InChI=1S/C22H28N4O3/c1-3-16-6-5-7-17(4-2)20(16)25-19-14-18(23-15-24-19)21(27)26-10-8-22(9-11-26)28-12-13-29-22/h5-7,14-15H,3-4,8-13H2,1-2H3,(H,23,24,25). The second-order valence-electron chi connectivity index (χ2n) is 7.47. The van der Waals surface area contributed by atoms with Crippen molar-refractivity contribution in [2.75, 3.05) is 31.6 Å². The molecular weight excluding hydrogens is 368 g/mol. The minimum Gasteiger partial charge on any atom is -0.347 e. The lowest BCUT2D eigenvalue weighted by Crippen LogP contribution is -2.47. The van der Waals surface area contributed by atoms with E-state index in [1.807, 2.05) is 4.90 Å². The number of likely N-dealkylation sites (tertiary alicyclic amines) is 1. The SMILES string of the molecule is CCc1cccc(CC)c1Nc1cc(C(=O)N2CCC3(CC2)OCCO3)ncn1. The van der Waals surface area contributed by atoms with Gasteiger partial charge in [0.1, 0.15) is 17.8 Å². The molecule has 4 rings (SSSR count). The molecular formula is C22H28N4O3. The second-order valence-corrected chi connectivity index (χ2v) is 7.47. The van der Waals surface area contributed by atoms with Crippen LogP contribution in [0.25, 0.3) is 0 Å². The molecule has 1 spiro atoms. The van der Waals surface area contributed by atoms with Crippen molar-refractivity contribution in [3.63, 3.8) is 0 Å². The van der Waals surface area contributed by atoms with Gasteiger partial charge in [-0.25, -0.2) is 9.97 Å². The molecule has 1 aromatic carbocycles. The molecule has 1 N–H and O–H groups in total. The molecule has 0 atom stereocenters. The first-order chi connectivity index (χ1) is 14.1. The van der Waals surface area contributed by atoms with E-state index in [1.165, 1.54) is 17.5 Å². The van der Waals surface area contributed by atoms with Gasteiger partial charge in [0.05, 0.1) is 13.2 Å². The predicted molar refractivity (Wildman–Crippen MR) is 110 cm³/mol. The molecule has 0 saturated carbocycles.